The van der Waals surface area contributed by atoms with Crippen LogP contribution in [0.25, 0.3) is 0 Å². The molecule has 2 unspecified atom stereocenters. The van der Waals surface area contributed by atoms with Crippen LogP contribution in [0.15, 0.2) is 13.6 Å². The van der Waals surface area contributed by atoms with E-state index in [2.05, 4.69) is 5.32 Å². The standard InChI is InChI=1S/C16H25NO6/c1-5-7-8-13(18)17-14(10(3)6-2)15(19)21-9-12-11(4)22-16(20)23-12/h10,14H,5-9H2,1-4H3,(H,17,18). The van der Waals surface area contributed by atoms with Gasteiger partial charge in [0.25, 0.3) is 0 Å². The van der Waals surface area contributed by atoms with Crippen molar-refractivity contribution in [3.63, 3.8) is 0 Å². The van der Waals surface area contributed by atoms with Crippen molar-refractivity contribution in [3.05, 3.63) is 22.1 Å². The molecule has 0 aliphatic heterocycles. The number of carbonyl (C=O) groups is 2. The molecule has 0 bridgehead atoms. The molecule has 0 aromatic carbocycles. The fourth-order valence-corrected chi connectivity index (χ4v) is 1.98. The number of rotatable bonds is 9. The summed E-state index contributed by atoms with van der Waals surface area (Å²) in [5.74, 6) is -1.17. The summed E-state index contributed by atoms with van der Waals surface area (Å²) in [6.45, 7) is 7.15. The molecule has 1 heterocycles. The van der Waals surface area contributed by atoms with Gasteiger partial charge in [-0.25, -0.2) is 9.59 Å². The number of unbranched alkanes of at least 4 members (excludes halogenated alkanes) is 1. The third-order valence-electron chi connectivity index (χ3n) is 3.72. The molecule has 1 aromatic heterocycles. The number of hydrogen-bond donors (Lipinski definition) is 1. The summed E-state index contributed by atoms with van der Waals surface area (Å²) in [7, 11) is 0. The summed E-state index contributed by atoms with van der Waals surface area (Å²) in [6, 6.07) is -0.719. The van der Waals surface area contributed by atoms with E-state index in [0.29, 0.717) is 12.8 Å². The van der Waals surface area contributed by atoms with Gasteiger partial charge in [0, 0.05) is 6.42 Å². The van der Waals surface area contributed by atoms with E-state index in [0.717, 1.165) is 12.8 Å². The van der Waals surface area contributed by atoms with Gasteiger partial charge in [-0.15, -0.1) is 0 Å². The van der Waals surface area contributed by atoms with E-state index in [1.165, 1.54) is 0 Å². The van der Waals surface area contributed by atoms with Crippen LogP contribution in [0.1, 0.15) is 58.0 Å². The summed E-state index contributed by atoms with van der Waals surface area (Å²) >= 11 is 0. The first-order chi connectivity index (χ1) is 10.9. The third-order valence-corrected chi connectivity index (χ3v) is 3.72. The van der Waals surface area contributed by atoms with Crippen molar-refractivity contribution >= 4 is 11.9 Å². The number of nitrogens with one attached hydrogen (secondary N) is 1. The number of carbonyl (C=O) groups excluding carboxylic acids is 2. The Bertz CT molecular complexity index is 573. The first-order valence-corrected chi connectivity index (χ1v) is 7.94. The van der Waals surface area contributed by atoms with Crippen LogP contribution in [0.2, 0.25) is 0 Å². The summed E-state index contributed by atoms with van der Waals surface area (Å²) < 4.78 is 14.6. The van der Waals surface area contributed by atoms with Crippen molar-refractivity contribution in [1.29, 1.82) is 0 Å². The lowest BCUT2D eigenvalue weighted by atomic mass is 9.99. The minimum Gasteiger partial charge on any atom is -0.456 e. The number of aryl methyl sites for hydroxylation is 1. The zero-order valence-corrected chi connectivity index (χ0v) is 14.1. The minimum absolute atomic E-state index is 0.0643. The highest BCUT2D eigenvalue weighted by Gasteiger charge is 2.27. The Labute approximate surface area is 135 Å². The molecule has 7 heteroatoms. The van der Waals surface area contributed by atoms with Gasteiger partial charge in [0.05, 0.1) is 0 Å². The highest BCUT2D eigenvalue weighted by Crippen LogP contribution is 2.13. The van der Waals surface area contributed by atoms with Crippen molar-refractivity contribution in [2.75, 3.05) is 0 Å². The van der Waals surface area contributed by atoms with E-state index in [4.69, 9.17) is 13.6 Å². The fraction of sp³-hybridized carbons (Fsp3) is 0.688. The monoisotopic (exact) mass is 327 g/mol. The quantitative estimate of drug-likeness (QED) is 0.699. The van der Waals surface area contributed by atoms with Gasteiger partial charge in [-0.2, -0.15) is 0 Å². The number of esters is 1. The second-order valence-electron chi connectivity index (χ2n) is 5.58. The predicted molar refractivity (Wildman–Crippen MR) is 82.7 cm³/mol. The van der Waals surface area contributed by atoms with Gasteiger partial charge in [0.2, 0.25) is 5.91 Å². The molecule has 1 amide bonds. The summed E-state index contributed by atoms with van der Waals surface area (Å²) in [4.78, 5) is 35.1. The smallest absolute Gasteiger partial charge is 0.456 e. The Hall–Kier alpha value is -2.05. The van der Waals surface area contributed by atoms with Crippen LogP contribution < -0.4 is 11.1 Å². The van der Waals surface area contributed by atoms with Crippen LogP contribution in [0, 0.1) is 12.8 Å². The van der Waals surface area contributed by atoms with Crippen LogP contribution in [0.5, 0.6) is 0 Å². The number of amides is 1. The molecule has 23 heavy (non-hydrogen) atoms. The van der Waals surface area contributed by atoms with E-state index in [1.54, 1.807) is 6.92 Å². The molecule has 130 valence electrons. The maximum atomic E-state index is 12.3. The van der Waals surface area contributed by atoms with Crippen LogP contribution in [-0.4, -0.2) is 17.9 Å². The topological polar surface area (TPSA) is 98.8 Å². The Kier molecular flexibility index (Phi) is 7.57. The molecule has 0 aliphatic rings. The number of hydrogen-bond acceptors (Lipinski definition) is 6. The van der Waals surface area contributed by atoms with Crippen molar-refractivity contribution in [3.8, 4) is 0 Å². The third kappa shape index (κ3) is 5.92. The van der Waals surface area contributed by atoms with Gasteiger partial charge in [-0.1, -0.05) is 33.6 Å². The molecule has 0 saturated heterocycles. The van der Waals surface area contributed by atoms with Gasteiger partial charge in [0.1, 0.15) is 6.04 Å². The highest BCUT2D eigenvalue weighted by atomic mass is 16.6. The van der Waals surface area contributed by atoms with Crippen LogP contribution in [0.4, 0.5) is 0 Å². The van der Waals surface area contributed by atoms with E-state index in [-0.39, 0.29) is 30.0 Å². The average molecular weight is 327 g/mol. The van der Waals surface area contributed by atoms with Crippen molar-refractivity contribution in [1.82, 2.24) is 5.32 Å². The van der Waals surface area contributed by atoms with Gasteiger partial charge in [-0.3, -0.25) is 4.79 Å². The average Bonchev–Trinajstić information content (AvgIpc) is 2.85. The lowest BCUT2D eigenvalue weighted by Crippen LogP contribution is -2.45. The molecule has 0 aliphatic carbocycles. The molecule has 1 N–H and O–H groups in total. The Morgan fingerprint density at radius 3 is 2.48 bits per heavy atom. The highest BCUT2D eigenvalue weighted by molar-refractivity contribution is 5.84. The Morgan fingerprint density at radius 2 is 1.96 bits per heavy atom. The normalized spacial score (nSPS) is 13.4. The molecule has 0 radical (unpaired) electrons. The largest absolute Gasteiger partial charge is 0.519 e. The van der Waals surface area contributed by atoms with Gasteiger partial charge >= 0.3 is 11.8 Å². The van der Waals surface area contributed by atoms with Crippen LogP contribution >= 0.6 is 0 Å². The maximum absolute atomic E-state index is 12.3. The number of ether oxygens (including phenoxy) is 1. The fourth-order valence-electron chi connectivity index (χ4n) is 1.98. The summed E-state index contributed by atoms with van der Waals surface area (Å²) in [5.41, 5.74) is 0. The summed E-state index contributed by atoms with van der Waals surface area (Å²) in [5, 5.41) is 2.73. The first-order valence-electron chi connectivity index (χ1n) is 7.94. The molecule has 1 aromatic rings. The van der Waals surface area contributed by atoms with Crippen molar-refractivity contribution in [2.45, 2.75) is 66.0 Å². The van der Waals surface area contributed by atoms with E-state index in [9.17, 15) is 14.4 Å². The zero-order chi connectivity index (χ0) is 17.4. The molecule has 7 nitrogen and oxygen atoms in total. The molecular formula is C16H25NO6. The Morgan fingerprint density at radius 1 is 1.26 bits per heavy atom. The second-order valence-corrected chi connectivity index (χ2v) is 5.58. The Balaban J connectivity index is 2.66. The van der Waals surface area contributed by atoms with Crippen molar-refractivity contribution in [2.24, 2.45) is 5.92 Å². The molecule has 2 atom stereocenters. The first kappa shape index (κ1) is 19.0. The molecule has 1 rings (SSSR count). The van der Waals surface area contributed by atoms with Crippen LogP contribution in [0.3, 0.4) is 0 Å². The molecule has 0 saturated carbocycles. The predicted octanol–water partition coefficient (Wildman–Crippen LogP) is 2.31. The molecule has 0 spiro atoms. The lowest BCUT2D eigenvalue weighted by Gasteiger charge is -2.22. The molecular weight excluding hydrogens is 302 g/mol. The molecule has 0 fully saturated rings. The maximum Gasteiger partial charge on any atom is 0.519 e. The second kappa shape index (κ2) is 9.17. The van der Waals surface area contributed by atoms with E-state index >= 15 is 0 Å². The van der Waals surface area contributed by atoms with Crippen LogP contribution in [-0.2, 0) is 20.9 Å². The van der Waals surface area contributed by atoms with Gasteiger partial charge in [0.15, 0.2) is 18.1 Å². The SMILES string of the molecule is CCCCC(=O)NC(C(=O)OCc1oc(=O)oc1C)C(C)CC. The zero-order valence-electron chi connectivity index (χ0n) is 14.1. The minimum atomic E-state index is -0.833. The van der Waals surface area contributed by atoms with Gasteiger partial charge < -0.3 is 18.9 Å². The summed E-state index contributed by atoms with van der Waals surface area (Å²) in [6.07, 6.45) is 2.78. The van der Waals surface area contributed by atoms with E-state index < -0.39 is 17.8 Å². The van der Waals surface area contributed by atoms with E-state index in [1.807, 2.05) is 20.8 Å². The lowest BCUT2D eigenvalue weighted by molar-refractivity contribution is -0.151. The van der Waals surface area contributed by atoms with Crippen molar-refractivity contribution < 1.29 is 23.2 Å². The van der Waals surface area contributed by atoms with Gasteiger partial charge in [-0.05, 0) is 19.3 Å².